The zero-order valence-electron chi connectivity index (χ0n) is 11.9. The molecule has 0 unspecified atom stereocenters. The minimum Gasteiger partial charge on any atom is -0.508 e. The first kappa shape index (κ1) is 15.4. The van der Waals surface area contributed by atoms with Crippen LogP contribution in [-0.4, -0.2) is 29.2 Å². The van der Waals surface area contributed by atoms with Gasteiger partial charge in [-0.25, -0.2) is 4.79 Å². The number of amides is 1. The summed E-state index contributed by atoms with van der Waals surface area (Å²) in [6.07, 6.45) is -0.0241. The van der Waals surface area contributed by atoms with Crippen LogP contribution in [0.5, 0.6) is 11.5 Å². The average Bonchev–Trinajstić information content (AvgIpc) is 2.50. The summed E-state index contributed by atoms with van der Waals surface area (Å²) < 4.78 is 5.05. The van der Waals surface area contributed by atoms with E-state index in [4.69, 9.17) is 9.84 Å². The number of hydrogen-bond donors (Lipinski definition) is 3. The van der Waals surface area contributed by atoms with Crippen molar-refractivity contribution in [3.8, 4) is 11.5 Å². The fourth-order valence-corrected chi connectivity index (χ4v) is 1.90. The Bertz CT molecular complexity index is 694. The topological polar surface area (TPSA) is 95.9 Å². The molecule has 1 amide bonds. The van der Waals surface area contributed by atoms with Crippen LogP contribution in [0, 0.1) is 0 Å². The third-order valence-corrected chi connectivity index (χ3v) is 3.05. The van der Waals surface area contributed by atoms with Crippen LogP contribution in [0.25, 0.3) is 0 Å². The number of carboxylic acids is 1. The molecule has 0 heterocycles. The molecule has 6 heteroatoms. The summed E-state index contributed by atoms with van der Waals surface area (Å²) in [6.45, 7) is 0. The van der Waals surface area contributed by atoms with Crippen molar-refractivity contribution in [1.82, 2.24) is 0 Å². The van der Waals surface area contributed by atoms with Gasteiger partial charge in [0.2, 0.25) is 5.91 Å². The lowest BCUT2D eigenvalue weighted by Crippen LogP contribution is -2.14. The number of nitrogens with one attached hydrogen (secondary N) is 1. The van der Waals surface area contributed by atoms with Gasteiger partial charge in [-0.3, -0.25) is 4.79 Å². The molecule has 0 bridgehead atoms. The van der Waals surface area contributed by atoms with Crippen LogP contribution in [-0.2, 0) is 11.2 Å². The molecule has 0 aliphatic rings. The number of hydrogen-bond acceptors (Lipinski definition) is 4. The van der Waals surface area contributed by atoms with Gasteiger partial charge in [-0.15, -0.1) is 0 Å². The normalized spacial score (nSPS) is 10.0. The first-order valence-corrected chi connectivity index (χ1v) is 6.48. The van der Waals surface area contributed by atoms with Gasteiger partial charge >= 0.3 is 5.97 Å². The van der Waals surface area contributed by atoms with Crippen LogP contribution in [0.15, 0.2) is 42.5 Å². The zero-order chi connectivity index (χ0) is 16.1. The average molecular weight is 301 g/mol. The molecule has 0 saturated carbocycles. The largest absolute Gasteiger partial charge is 0.508 e. The Hall–Kier alpha value is -3.02. The van der Waals surface area contributed by atoms with E-state index in [1.54, 1.807) is 12.1 Å². The highest BCUT2D eigenvalue weighted by Crippen LogP contribution is 2.23. The molecule has 0 atom stereocenters. The van der Waals surface area contributed by atoms with Gasteiger partial charge in [0, 0.05) is 11.3 Å². The number of ether oxygens (including phenoxy) is 1. The van der Waals surface area contributed by atoms with E-state index in [1.807, 2.05) is 0 Å². The molecule has 0 aliphatic carbocycles. The molecule has 0 aromatic heterocycles. The first-order valence-electron chi connectivity index (χ1n) is 6.48. The van der Waals surface area contributed by atoms with Gasteiger partial charge in [-0.05, 0) is 42.5 Å². The third-order valence-electron chi connectivity index (χ3n) is 3.05. The summed E-state index contributed by atoms with van der Waals surface area (Å²) in [5.74, 6) is -0.797. The second kappa shape index (κ2) is 6.62. The molecule has 0 spiro atoms. The molecule has 6 nitrogen and oxygen atoms in total. The van der Waals surface area contributed by atoms with Crippen molar-refractivity contribution in [2.75, 3.05) is 12.4 Å². The van der Waals surface area contributed by atoms with Crippen LogP contribution in [0.2, 0.25) is 0 Å². The van der Waals surface area contributed by atoms with Crippen molar-refractivity contribution in [1.29, 1.82) is 0 Å². The molecule has 114 valence electrons. The molecular weight excluding hydrogens is 286 g/mol. The van der Waals surface area contributed by atoms with Crippen molar-refractivity contribution in [3.05, 3.63) is 53.6 Å². The first-order chi connectivity index (χ1) is 10.5. The van der Waals surface area contributed by atoms with Crippen molar-refractivity contribution < 1.29 is 24.5 Å². The van der Waals surface area contributed by atoms with E-state index in [2.05, 4.69) is 5.32 Å². The lowest BCUT2D eigenvalue weighted by molar-refractivity contribution is -0.115. The quantitative estimate of drug-likeness (QED) is 0.787. The number of phenolic OH excluding ortho intramolecular Hbond substituents is 1. The third kappa shape index (κ3) is 3.76. The molecule has 0 fully saturated rings. The Morgan fingerprint density at radius 1 is 1.14 bits per heavy atom. The Labute approximate surface area is 127 Å². The van der Waals surface area contributed by atoms with E-state index in [1.165, 1.54) is 37.4 Å². The summed E-state index contributed by atoms with van der Waals surface area (Å²) in [7, 11) is 1.50. The van der Waals surface area contributed by atoms with Crippen molar-refractivity contribution >= 4 is 17.6 Å². The van der Waals surface area contributed by atoms with Crippen LogP contribution in [0.4, 0.5) is 5.69 Å². The predicted molar refractivity (Wildman–Crippen MR) is 80.4 cm³/mol. The fourth-order valence-electron chi connectivity index (χ4n) is 1.90. The molecule has 22 heavy (non-hydrogen) atoms. The summed E-state index contributed by atoms with van der Waals surface area (Å²) >= 11 is 0. The van der Waals surface area contributed by atoms with Crippen molar-refractivity contribution in [2.45, 2.75) is 6.42 Å². The smallest absolute Gasteiger partial charge is 0.335 e. The highest BCUT2D eigenvalue weighted by molar-refractivity contribution is 5.93. The van der Waals surface area contributed by atoms with Gasteiger partial charge in [-0.2, -0.15) is 0 Å². The maximum atomic E-state index is 12.0. The minimum atomic E-state index is -1.03. The number of phenols is 1. The van der Waals surface area contributed by atoms with Gasteiger partial charge in [0.1, 0.15) is 11.5 Å². The molecule has 0 aliphatic heterocycles. The van der Waals surface area contributed by atoms with Crippen LogP contribution in [0.3, 0.4) is 0 Å². The molecule has 0 saturated heterocycles. The van der Waals surface area contributed by atoms with E-state index in [-0.39, 0.29) is 23.6 Å². The molecule has 3 N–H and O–H groups in total. The number of rotatable bonds is 5. The van der Waals surface area contributed by atoms with Crippen LogP contribution >= 0.6 is 0 Å². The molecule has 2 aromatic carbocycles. The molecular formula is C16H15NO5. The lowest BCUT2D eigenvalue weighted by atomic mass is 10.1. The second-order valence-electron chi connectivity index (χ2n) is 4.60. The zero-order valence-corrected chi connectivity index (χ0v) is 11.9. The summed E-state index contributed by atoms with van der Waals surface area (Å²) in [5, 5.41) is 21.2. The van der Waals surface area contributed by atoms with Gasteiger partial charge in [0.15, 0.2) is 0 Å². The Morgan fingerprint density at radius 2 is 1.82 bits per heavy atom. The van der Waals surface area contributed by atoms with Crippen molar-refractivity contribution in [2.24, 2.45) is 0 Å². The monoisotopic (exact) mass is 301 g/mol. The SMILES string of the molecule is COc1ccc(O)c(CC(=O)Nc2ccc(C(=O)O)cc2)c1. The highest BCUT2D eigenvalue weighted by Gasteiger charge is 2.10. The Morgan fingerprint density at radius 3 is 2.41 bits per heavy atom. The van der Waals surface area contributed by atoms with Crippen LogP contribution < -0.4 is 10.1 Å². The Balaban J connectivity index is 2.05. The number of carbonyl (C=O) groups is 2. The van der Waals surface area contributed by atoms with E-state index in [0.29, 0.717) is 17.0 Å². The van der Waals surface area contributed by atoms with E-state index >= 15 is 0 Å². The summed E-state index contributed by atoms with van der Waals surface area (Å²) in [4.78, 5) is 22.7. The van der Waals surface area contributed by atoms with Gasteiger partial charge in [0.05, 0.1) is 19.1 Å². The fraction of sp³-hybridized carbons (Fsp3) is 0.125. The van der Waals surface area contributed by atoms with E-state index in [0.717, 1.165) is 0 Å². The van der Waals surface area contributed by atoms with Gasteiger partial charge in [0.25, 0.3) is 0 Å². The second-order valence-corrected chi connectivity index (χ2v) is 4.60. The van der Waals surface area contributed by atoms with Crippen LogP contribution in [0.1, 0.15) is 15.9 Å². The van der Waals surface area contributed by atoms with Gasteiger partial charge < -0.3 is 20.3 Å². The number of aromatic hydroxyl groups is 1. The number of carboxylic acid groups (broad SMARTS) is 1. The number of aromatic carboxylic acids is 1. The van der Waals surface area contributed by atoms with E-state index in [9.17, 15) is 14.7 Å². The van der Waals surface area contributed by atoms with Crippen molar-refractivity contribution in [3.63, 3.8) is 0 Å². The van der Waals surface area contributed by atoms with Gasteiger partial charge in [-0.1, -0.05) is 0 Å². The number of anilines is 1. The number of benzene rings is 2. The maximum absolute atomic E-state index is 12.0. The molecule has 0 radical (unpaired) electrons. The summed E-state index contributed by atoms with van der Waals surface area (Å²) in [6, 6.07) is 10.5. The maximum Gasteiger partial charge on any atom is 0.335 e. The minimum absolute atomic E-state index is 0.0113. The summed E-state index contributed by atoms with van der Waals surface area (Å²) in [5.41, 5.74) is 1.07. The number of methoxy groups -OCH3 is 1. The molecule has 2 aromatic rings. The number of carbonyl (C=O) groups excluding carboxylic acids is 1. The standard InChI is InChI=1S/C16H15NO5/c1-22-13-6-7-14(18)11(8-13)9-15(19)17-12-4-2-10(3-5-12)16(20)21/h2-8,18H,9H2,1H3,(H,17,19)(H,20,21). The Kier molecular flexibility index (Phi) is 4.63. The highest BCUT2D eigenvalue weighted by atomic mass is 16.5. The predicted octanol–water partition coefficient (Wildman–Crippen LogP) is 2.28. The lowest BCUT2D eigenvalue weighted by Gasteiger charge is -2.08. The molecule has 2 rings (SSSR count). The van der Waals surface area contributed by atoms with E-state index < -0.39 is 5.97 Å².